The molecule has 1 aromatic heterocycles. The molecule has 2 nitrogen and oxygen atoms in total. The average Bonchev–Trinajstić information content (AvgIpc) is 3.69. The molecule has 0 atom stereocenters. The SMILES string of the molecule is CC1(C)CCC(C)(C)c2cc(N3B4c5cc6c(cc5N(c5ccc7c(c5)C(C)(C)CCC7(C)C)c5cc7ccccc7c(c54)-c4ccc5c(sc7ccccc75)c43)C(C)(C)CCC6(C)C)ccc21. The Hall–Kier alpha value is -5.32. The van der Waals surface area contributed by atoms with Gasteiger partial charge in [0.25, 0.3) is 0 Å². The van der Waals surface area contributed by atoms with Crippen LogP contribution in [0.15, 0.2) is 115 Å². The zero-order valence-corrected chi connectivity index (χ0v) is 43.4. The lowest BCUT2D eigenvalue weighted by atomic mass is 9.42. The van der Waals surface area contributed by atoms with Gasteiger partial charge < -0.3 is 9.71 Å². The first kappa shape index (κ1) is 42.8. The molecule has 13 rings (SSSR count). The molecule has 342 valence electrons. The summed E-state index contributed by atoms with van der Waals surface area (Å²) in [4.78, 5) is 5.58. The molecule has 3 heterocycles. The van der Waals surface area contributed by atoms with Crippen LogP contribution < -0.4 is 20.6 Å². The highest BCUT2D eigenvalue weighted by Gasteiger charge is 2.50. The predicted molar refractivity (Wildman–Crippen MR) is 296 cm³/mol. The normalized spacial score (nSPS) is 20.6. The van der Waals surface area contributed by atoms with Crippen LogP contribution in [0.3, 0.4) is 0 Å². The lowest BCUT2D eigenvalue weighted by molar-refractivity contribution is 0.332. The summed E-state index contributed by atoms with van der Waals surface area (Å²) in [5.41, 5.74) is 21.6. The van der Waals surface area contributed by atoms with E-state index in [0.717, 1.165) is 0 Å². The van der Waals surface area contributed by atoms with Gasteiger partial charge in [0.05, 0.1) is 10.4 Å². The highest BCUT2D eigenvalue weighted by Crippen LogP contribution is 2.57. The van der Waals surface area contributed by atoms with E-state index in [1.54, 1.807) is 0 Å². The van der Waals surface area contributed by atoms with Crippen LogP contribution in [0.1, 0.15) is 155 Å². The number of fused-ring (bicyclic) bond motifs is 13. The van der Waals surface area contributed by atoms with Crippen molar-refractivity contribution >= 4 is 88.5 Å². The molecule has 68 heavy (non-hydrogen) atoms. The Bertz CT molecular complexity index is 3500. The molecule has 4 heteroatoms. The molecular weight excluding hydrogens is 840 g/mol. The third-order valence-electron chi connectivity index (χ3n) is 18.6. The van der Waals surface area contributed by atoms with E-state index in [0.29, 0.717) is 0 Å². The largest absolute Gasteiger partial charge is 0.375 e. The van der Waals surface area contributed by atoms with Crippen molar-refractivity contribution < 1.29 is 0 Å². The smallest absolute Gasteiger partial charge is 0.333 e. The van der Waals surface area contributed by atoms with E-state index in [2.05, 4.69) is 208 Å². The van der Waals surface area contributed by atoms with Gasteiger partial charge in [-0.05, 0) is 174 Å². The minimum Gasteiger partial charge on any atom is -0.375 e. The Balaban J connectivity index is 1.21. The third kappa shape index (κ3) is 5.82. The minimum absolute atomic E-state index is 0.0379. The molecule has 0 N–H and O–H groups in total. The summed E-state index contributed by atoms with van der Waals surface area (Å²) in [5.74, 6) is 0. The zero-order valence-electron chi connectivity index (χ0n) is 42.6. The molecule has 8 aromatic rings. The summed E-state index contributed by atoms with van der Waals surface area (Å²) < 4.78 is 2.73. The molecule has 5 aliphatic rings. The Morgan fingerprint density at radius 2 is 0.956 bits per heavy atom. The first-order valence-electron chi connectivity index (χ1n) is 25.8. The average molecular weight is 907 g/mol. The van der Waals surface area contributed by atoms with E-state index in [4.69, 9.17) is 0 Å². The van der Waals surface area contributed by atoms with Gasteiger partial charge in [-0.3, -0.25) is 0 Å². The number of thiophene rings is 1. The van der Waals surface area contributed by atoms with Crippen LogP contribution in [-0.2, 0) is 32.5 Å². The molecule has 0 fully saturated rings. The highest BCUT2D eigenvalue weighted by molar-refractivity contribution is 7.26. The fourth-order valence-corrected chi connectivity index (χ4v) is 15.3. The summed E-state index contributed by atoms with van der Waals surface area (Å²) in [5, 5.41) is 5.33. The van der Waals surface area contributed by atoms with Crippen LogP contribution >= 0.6 is 11.3 Å². The van der Waals surface area contributed by atoms with E-state index in [-0.39, 0.29) is 39.3 Å². The van der Waals surface area contributed by atoms with E-state index in [1.165, 1.54) is 153 Å². The summed E-state index contributed by atoms with van der Waals surface area (Å²) >= 11 is 1.98. The minimum atomic E-state index is -0.0731. The van der Waals surface area contributed by atoms with Crippen molar-refractivity contribution in [3.8, 4) is 11.1 Å². The molecule has 0 radical (unpaired) electrons. The van der Waals surface area contributed by atoms with Gasteiger partial charge in [0.1, 0.15) is 0 Å². The lowest BCUT2D eigenvalue weighted by Gasteiger charge is -2.49. The number of nitrogens with zero attached hydrogens (tertiary/aromatic N) is 2. The van der Waals surface area contributed by atoms with Crippen LogP contribution in [0.2, 0.25) is 0 Å². The molecular formula is C64H67BN2S. The van der Waals surface area contributed by atoms with E-state index in [9.17, 15) is 0 Å². The predicted octanol–water partition coefficient (Wildman–Crippen LogP) is 17.0. The van der Waals surface area contributed by atoms with Crippen molar-refractivity contribution in [3.05, 3.63) is 149 Å². The Labute approximate surface area is 409 Å². The first-order valence-corrected chi connectivity index (χ1v) is 26.6. The monoisotopic (exact) mass is 907 g/mol. The first-order chi connectivity index (χ1) is 32.2. The molecule has 0 unspecified atom stereocenters. The van der Waals surface area contributed by atoms with Crippen molar-refractivity contribution in [2.24, 2.45) is 0 Å². The van der Waals surface area contributed by atoms with E-state index < -0.39 is 0 Å². The molecule has 0 spiro atoms. The van der Waals surface area contributed by atoms with Crippen LogP contribution in [0, 0.1) is 0 Å². The van der Waals surface area contributed by atoms with E-state index >= 15 is 0 Å². The molecule has 2 aliphatic heterocycles. The topological polar surface area (TPSA) is 6.48 Å². The van der Waals surface area contributed by atoms with Crippen molar-refractivity contribution in [2.45, 2.75) is 154 Å². The second-order valence-electron chi connectivity index (χ2n) is 25.7. The van der Waals surface area contributed by atoms with Gasteiger partial charge in [-0.2, -0.15) is 0 Å². The quantitative estimate of drug-likeness (QED) is 0.160. The maximum Gasteiger partial charge on any atom is 0.333 e. The van der Waals surface area contributed by atoms with Gasteiger partial charge in [0, 0.05) is 43.8 Å². The Morgan fingerprint density at radius 3 is 1.59 bits per heavy atom. The molecule has 0 saturated heterocycles. The van der Waals surface area contributed by atoms with Gasteiger partial charge >= 0.3 is 6.85 Å². The van der Waals surface area contributed by atoms with Crippen LogP contribution in [0.25, 0.3) is 42.1 Å². The second-order valence-corrected chi connectivity index (χ2v) is 26.7. The number of rotatable bonds is 2. The van der Waals surface area contributed by atoms with Gasteiger partial charge in [-0.1, -0.05) is 156 Å². The zero-order chi connectivity index (χ0) is 47.2. The van der Waals surface area contributed by atoms with Crippen LogP contribution in [0.4, 0.5) is 28.4 Å². The summed E-state index contributed by atoms with van der Waals surface area (Å²) in [6.07, 6.45) is 7.12. The summed E-state index contributed by atoms with van der Waals surface area (Å²) in [6, 6.07) is 46.6. The number of benzene rings is 7. The maximum atomic E-state index is 2.85. The van der Waals surface area contributed by atoms with Crippen molar-refractivity contribution in [1.29, 1.82) is 0 Å². The third-order valence-corrected chi connectivity index (χ3v) is 19.8. The fraction of sp³-hybridized carbons (Fsp3) is 0.375. The van der Waals surface area contributed by atoms with Crippen molar-refractivity contribution in [1.82, 2.24) is 0 Å². The van der Waals surface area contributed by atoms with Gasteiger partial charge in [0.2, 0.25) is 0 Å². The lowest BCUT2D eigenvalue weighted by Crippen LogP contribution is -2.62. The summed E-state index contributed by atoms with van der Waals surface area (Å²) in [7, 11) is 0. The Morgan fingerprint density at radius 1 is 0.441 bits per heavy atom. The molecule has 0 saturated carbocycles. The highest BCUT2D eigenvalue weighted by atomic mass is 32.1. The molecule has 7 aromatic carbocycles. The molecule has 0 bridgehead atoms. The van der Waals surface area contributed by atoms with Gasteiger partial charge in [-0.25, -0.2) is 0 Å². The maximum absolute atomic E-state index is 2.85. The molecule has 0 amide bonds. The van der Waals surface area contributed by atoms with Crippen molar-refractivity contribution in [2.75, 3.05) is 9.71 Å². The van der Waals surface area contributed by atoms with Gasteiger partial charge in [-0.15, -0.1) is 11.3 Å². The Kier molecular flexibility index (Phi) is 8.63. The van der Waals surface area contributed by atoms with Crippen molar-refractivity contribution in [3.63, 3.8) is 0 Å². The molecule has 3 aliphatic carbocycles. The number of hydrogen-bond donors (Lipinski definition) is 0. The number of anilines is 5. The fourth-order valence-electron chi connectivity index (χ4n) is 14.0. The number of hydrogen-bond acceptors (Lipinski definition) is 3. The van der Waals surface area contributed by atoms with E-state index in [1.807, 2.05) is 11.3 Å². The summed E-state index contributed by atoms with van der Waals surface area (Å²) in [6.45, 7) is 29.7. The van der Waals surface area contributed by atoms with Crippen LogP contribution in [-0.4, -0.2) is 6.85 Å². The second kappa shape index (κ2) is 13.7. The van der Waals surface area contributed by atoms with Crippen LogP contribution in [0.5, 0.6) is 0 Å². The van der Waals surface area contributed by atoms with Gasteiger partial charge in [0.15, 0.2) is 0 Å². The standard InChI is InChI=1S/C64H67BN2S/c1-59(2)27-29-61(5,6)47-34-39(21-25-45(47)59)66-52-37-50-49(63(9,10)31-32-64(50,11)12)36-51(52)65-56-53(66)33-38-17-13-14-18-41(38)55(56)44-24-23-43-42-19-15-16-20-54(42)68-58(43)57(44)67(65)40-22-26-46-48(35-40)62(7,8)30-28-60(46,3)4/h13-26,33-37H,27-32H2,1-12H3.